The topological polar surface area (TPSA) is 85.4 Å². The van der Waals surface area contributed by atoms with Crippen molar-refractivity contribution in [3.05, 3.63) is 65.7 Å². The highest BCUT2D eigenvalue weighted by atomic mass is 19.2. The summed E-state index contributed by atoms with van der Waals surface area (Å²) in [6, 6.07) is 7.97. The molecule has 1 aliphatic heterocycles. The van der Waals surface area contributed by atoms with Crippen LogP contribution in [0.25, 0.3) is 0 Å². The summed E-state index contributed by atoms with van der Waals surface area (Å²) in [6.45, 7) is 0.105. The number of amides is 1. The maximum atomic E-state index is 13.8. The average Bonchev–Trinajstić information content (AvgIpc) is 3.16. The smallest absolute Gasteiger partial charge is 0.274 e. The lowest BCUT2D eigenvalue weighted by molar-refractivity contribution is 0.102. The van der Waals surface area contributed by atoms with Crippen LogP contribution < -0.4 is 20.1 Å². The molecule has 0 fully saturated rings. The molecule has 142 valence electrons. The van der Waals surface area contributed by atoms with E-state index < -0.39 is 23.4 Å². The van der Waals surface area contributed by atoms with Gasteiger partial charge in [-0.3, -0.25) is 4.79 Å². The number of anilines is 3. The summed E-state index contributed by atoms with van der Waals surface area (Å²) >= 11 is 0. The Morgan fingerprint density at radius 1 is 1.00 bits per heavy atom. The molecule has 1 aromatic heterocycles. The van der Waals surface area contributed by atoms with E-state index in [-0.39, 0.29) is 24.1 Å². The SMILES string of the molecule is O=C(Nc1ccc2c(c1)OCO2)c1ccnc(Nc2ccc(F)c(F)c2F)n1. The van der Waals surface area contributed by atoms with Crippen LogP contribution >= 0.6 is 0 Å². The highest BCUT2D eigenvalue weighted by Crippen LogP contribution is 2.34. The van der Waals surface area contributed by atoms with Gasteiger partial charge in [0.15, 0.2) is 29.0 Å². The fraction of sp³-hybridized carbons (Fsp3) is 0.0556. The third kappa shape index (κ3) is 3.39. The first-order valence-electron chi connectivity index (χ1n) is 7.96. The van der Waals surface area contributed by atoms with Crippen molar-refractivity contribution in [1.82, 2.24) is 9.97 Å². The predicted octanol–water partition coefficient (Wildman–Crippen LogP) is 3.62. The Morgan fingerprint density at radius 2 is 1.82 bits per heavy atom. The fourth-order valence-corrected chi connectivity index (χ4v) is 2.46. The number of aromatic nitrogens is 2. The van der Waals surface area contributed by atoms with Crippen LogP contribution in [-0.2, 0) is 0 Å². The quantitative estimate of drug-likeness (QED) is 0.664. The number of hydrogen-bond donors (Lipinski definition) is 2. The van der Waals surface area contributed by atoms with E-state index in [1.165, 1.54) is 12.3 Å². The summed E-state index contributed by atoms with van der Waals surface area (Å²) in [5.74, 6) is -4.02. The van der Waals surface area contributed by atoms with Crippen LogP contribution in [0.15, 0.2) is 42.6 Å². The summed E-state index contributed by atoms with van der Waals surface area (Å²) in [5.41, 5.74) is 0.0550. The molecule has 0 saturated carbocycles. The number of fused-ring (bicyclic) bond motifs is 1. The van der Waals surface area contributed by atoms with Gasteiger partial charge in [-0.25, -0.2) is 23.1 Å². The number of halogens is 3. The lowest BCUT2D eigenvalue weighted by Gasteiger charge is -2.09. The number of carbonyl (C=O) groups is 1. The van der Waals surface area contributed by atoms with Gasteiger partial charge in [0.25, 0.3) is 5.91 Å². The van der Waals surface area contributed by atoms with Crippen LogP contribution in [0.2, 0.25) is 0 Å². The number of carbonyl (C=O) groups excluding carboxylic acids is 1. The van der Waals surface area contributed by atoms with Crippen LogP contribution in [0.3, 0.4) is 0 Å². The minimum absolute atomic E-state index is 0.0295. The van der Waals surface area contributed by atoms with E-state index in [1.807, 2.05) is 0 Å². The minimum Gasteiger partial charge on any atom is -0.454 e. The Balaban J connectivity index is 1.52. The molecule has 0 aliphatic carbocycles. The van der Waals surface area contributed by atoms with Crippen molar-refractivity contribution in [3.63, 3.8) is 0 Å². The molecule has 2 heterocycles. The number of rotatable bonds is 4. The molecule has 0 atom stereocenters. The molecule has 7 nitrogen and oxygen atoms in total. The summed E-state index contributed by atoms with van der Waals surface area (Å²) in [7, 11) is 0. The molecule has 2 N–H and O–H groups in total. The van der Waals surface area contributed by atoms with Gasteiger partial charge in [0, 0.05) is 18.0 Å². The zero-order valence-electron chi connectivity index (χ0n) is 14.0. The van der Waals surface area contributed by atoms with E-state index >= 15 is 0 Å². The van der Waals surface area contributed by atoms with Gasteiger partial charge in [-0.05, 0) is 30.3 Å². The molecule has 10 heteroatoms. The normalized spacial score (nSPS) is 12.0. The number of benzene rings is 2. The van der Waals surface area contributed by atoms with E-state index in [1.54, 1.807) is 18.2 Å². The van der Waals surface area contributed by atoms with Gasteiger partial charge < -0.3 is 20.1 Å². The number of nitrogens with one attached hydrogen (secondary N) is 2. The first-order valence-corrected chi connectivity index (χ1v) is 7.96. The van der Waals surface area contributed by atoms with Gasteiger partial charge in [0.05, 0.1) is 5.69 Å². The Labute approximate surface area is 156 Å². The van der Waals surface area contributed by atoms with Gasteiger partial charge >= 0.3 is 0 Å². The minimum atomic E-state index is -1.62. The molecule has 0 radical (unpaired) electrons. The number of hydrogen-bond acceptors (Lipinski definition) is 6. The van der Waals surface area contributed by atoms with Gasteiger partial charge in [0.2, 0.25) is 12.7 Å². The van der Waals surface area contributed by atoms with Crippen LogP contribution in [0.5, 0.6) is 11.5 Å². The lowest BCUT2D eigenvalue weighted by Crippen LogP contribution is -2.15. The molecular weight excluding hydrogens is 377 g/mol. The van der Waals surface area contributed by atoms with Crippen molar-refractivity contribution < 1.29 is 27.4 Å². The zero-order valence-corrected chi connectivity index (χ0v) is 14.0. The molecule has 0 unspecified atom stereocenters. The molecular formula is C18H11F3N4O3. The monoisotopic (exact) mass is 388 g/mol. The molecule has 0 saturated heterocycles. The van der Waals surface area contributed by atoms with Crippen molar-refractivity contribution in [2.24, 2.45) is 0 Å². The van der Waals surface area contributed by atoms with Crippen LogP contribution in [0.4, 0.5) is 30.5 Å². The molecule has 2 aromatic carbocycles. The molecule has 3 aromatic rings. The highest BCUT2D eigenvalue weighted by molar-refractivity contribution is 6.03. The second-order valence-corrected chi connectivity index (χ2v) is 5.64. The summed E-state index contributed by atoms with van der Waals surface area (Å²) < 4.78 is 50.5. The second kappa shape index (κ2) is 7.06. The fourth-order valence-electron chi connectivity index (χ4n) is 2.46. The third-order valence-electron chi connectivity index (χ3n) is 3.80. The molecule has 4 rings (SSSR count). The molecule has 0 bridgehead atoms. The van der Waals surface area contributed by atoms with Gasteiger partial charge in [-0.1, -0.05) is 0 Å². The average molecular weight is 388 g/mol. The van der Waals surface area contributed by atoms with Gasteiger partial charge in [-0.2, -0.15) is 0 Å². The third-order valence-corrected chi connectivity index (χ3v) is 3.80. The second-order valence-electron chi connectivity index (χ2n) is 5.64. The highest BCUT2D eigenvalue weighted by Gasteiger charge is 2.17. The summed E-state index contributed by atoms with van der Waals surface area (Å²) in [5, 5.41) is 5.04. The van der Waals surface area contributed by atoms with Crippen LogP contribution in [0, 0.1) is 17.5 Å². The van der Waals surface area contributed by atoms with E-state index in [2.05, 4.69) is 20.6 Å². The van der Waals surface area contributed by atoms with Gasteiger partial charge in [0.1, 0.15) is 5.69 Å². The maximum Gasteiger partial charge on any atom is 0.274 e. The standard InChI is InChI=1S/C18H11F3N4O3/c19-10-2-3-11(16(21)15(10)20)24-18-22-6-5-12(25-18)17(26)23-9-1-4-13-14(7-9)28-8-27-13/h1-7H,8H2,(H,23,26)(H,22,24,25). The predicted molar refractivity (Wildman–Crippen MR) is 92.1 cm³/mol. The molecule has 1 aliphatic rings. The largest absolute Gasteiger partial charge is 0.454 e. The van der Waals surface area contributed by atoms with E-state index in [9.17, 15) is 18.0 Å². The molecule has 0 spiro atoms. The Hall–Kier alpha value is -3.82. The van der Waals surface area contributed by atoms with Crippen molar-refractivity contribution in [2.45, 2.75) is 0 Å². The van der Waals surface area contributed by atoms with E-state index in [4.69, 9.17) is 9.47 Å². The Kier molecular flexibility index (Phi) is 4.44. The number of ether oxygens (including phenoxy) is 2. The molecule has 1 amide bonds. The Bertz CT molecular complexity index is 1080. The Morgan fingerprint density at radius 3 is 2.68 bits per heavy atom. The van der Waals surface area contributed by atoms with E-state index in [0.717, 1.165) is 12.1 Å². The zero-order chi connectivity index (χ0) is 19.7. The first kappa shape index (κ1) is 17.6. The van der Waals surface area contributed by atoms with Gasteiger partial charge in [-0.15, -0.1) is 0 Å². The van der Waals surface area contributed by atoms with Crippen LogP contribution in [-0.4, -0.2) is 22.7 Å². The lowest BCUT2D eigenvalue weighted by atomic mass is 10.2. The van der Waals surface area contributed by atoms with E-state index in [0.29, 0.717) is 17.2 Å². The van der Waals surface area contributed by atoms with Crippen molar-refractivity contribution in [2.75, 3.05) is 17.4 Å². The first-order chi connectivity index (χ1) is 13.5. The van der Waals surface area contributed by atoms with Crippen molar-refractivity contribution in [1.29, 1.82) is 0 Å². The van der Waals surface area contributed by atoms with Crippen molar-refractivity contribution >= 4 is 23.2 Å². The number of nitrogens with zero attached hydrogens (tertiary/aromatic N) is 2. The summed E-state index contributed by atoms with van der Waals surface area (Å²) in [4.78, 5) is 20.2. The maximum absolute atomic E-state index is 13.8. The van der Waals surface area contributed by atoms with Crippen molar-refractivity contribution in [3.8, 4) is 11.5 Å². The summed E-state index contributed by atoms with van der Waals surface area (Å²) in [6.07, 6.45) is 1.27. The van der Waals surface area contributed by atoms with Crippen LogP contribution in [0.1, 0.15) is 10.5 Å². The molecule has 28 heavy (non-hydrogen) atoms.